The van der Waals surface area contributed by atoms with E-state index in [1.165, 1.54) is 6.07 Å². The lowest BCUT2D eigenvalue weighted by Crippen LogP contribution is -2.29. The number of aryl methyl sites for hydroxylation is 1. The van der Waals surface area contributed by atoms with Gasteiger partial charge in [-0.15, -0.1) is 0 Å². The third kappa shape index (κ3) is 3.15. The highest BCUT2D eigenvalue weighted by atomic mass is 79.9. The molecule has 0 heterocycles. The molecule has 0 aliphatic carbocycles. The summed E-state index contributed by atoms with van der Waals surface area (Å²) in [6, 6.07) is 10.0. The van der Waals surface area contributed by atoms with Gasteiger partial charge in [0.15, 0.2) is 0 Å². The van der Waals surface area contributed by atoms with E-state index in [1.807, 2.05) is 19.1 Å². The first kappa shape index (κ1) is 14.5. The molecule has 0 aliphatic heterocycles. The SMILES string of the molecule is Cc1ccc(C(NN)c2ccc(Br)cc2F)cc1Cl. The van der Waals surface area contributed by atoms with E-state index < -0.39 is 6.04 Å². The molecule has 100 valence electrons. The van der Waals surface area contributed by atoms with Crippen LogP contribution >= 0.6 is 27.5 Å². The van der Waals surface area contributed by atoms with Gasteiger partial charge in [-0.1, -0.05) is 45.7 Å². The smallest absolute Gasteiger partial charge is 0.129 e. The Kier molecular flexibility index (Phi) is 4.58. The van der Waals surface area contributed by atoms with Gasteiger partial charge in [0.05, 0.1) is 6.04 Å². The van der Waals surface area contributed by atoms with E-state index in [2.05, 4.69) is 21.4 Å². The standard InChI is InChI=1S/C14H13BrClFN2/c1-8-2-3-9(6-12(8)16)14(19-18)11-5-4-10(15)7-13(11)17/h2-7,14,19H,18H2,1H3. The molecule has 3 N–H and O–H groups in total. The van der Waals surface area contributed by atoms with Crippen LogP contribution in [0.4, 0.5) is 4.39 Å². The fourth-order valence-corrected chi connectivity index (χ4v) is 2.41. The van der Waals surface area contributed by atoms with Gasteiger partial charge in [-0.05, 0) is 36.2 Å². The number of rotatable bonds is 3. The minimum Gasteiger partial charge on any atom is -0.271 e. The molecule has 5 heteroatoms. The van der Waals surface area contributed by atoms with Gasteiger partial charge in [-0.3, -0.25) is 5.84 Å². The maximum absolute atomic E-state index is 14.0. The number of hydrogen-bond acceptors (Lipinski definition) is 2. The summed E-state index contributed by atoms with van der Waals surface area (Å²) in [5.41, 5.74) is 4.89. The van der Waals surface area contributed by atoms with Crippen molar-refractivity contribution in [2.24, 2.45) is 5.84 Å². The molecule has 0 spiro atoms. The van der Waals surface area contributed by atoms with Crippen molar-refractivity contribution in [3.05, 3.63) is 68.4 Å². The van der Waals surface area contributed by atoms with Crippen LogP contribution in [0, 0.1) is 12.7 Å². The van der Waals surface area contributed by atoms with Crippen LogP contribution in [-0.2, 0) is 0 Å². The second kappa shape index (κ2) is 6.01. The van der Waals surface area contributed by atoms with E-state index in [0.29, 0.717) is 15.1 Å². The van der Waals surface area contributed by atoms with Crippen LogP contribution in [0.25, 0.3) is 0 Å². The van der Waals surface area contributed by atoms with E-state index in [-0.39, 0.29) is 5.82 Å². The highest BCUT2D eigenvalue weighted by Gasteiger charge is 2.17. The van der Waals surface area contributed by atoms with Crippen LogP contribution in [-0.4, -0.2) is 0 Å². The number of benzene rings is 2. The van der Waals surface area contributed by atoms with Crippen molar-refractivity contribution in [1.29, 1.82) is 0 Å². The molecule has 19 heavy (non-hydrogen) atoms. The largest absolute Gasteiger partial charge is 0.271 e. The van der Waals surface area contributed by atoms with Crippen LogP contribution in [0.2, 0.25) is 5.02 Å². The molecule has 1 unspecified atom stereocenters. The van der Waals surface area contributed by atoms with Crippen molar-refractivity contribution >= 4 is 27.5 Å². The second-order valence-electron chi connectivity index (χ2n) is 4.27. The third-order valence-electron chi connectivity index (χ3n) is 2.97. The van der Waals surface area contributed by atoms with Gasteiger partial charge in [0.2, 0.25) is 0 Å². The van der Waals surface area contributed by atoms with Gasteiger partial charge >= 0.3 is 0 Å². The first-order chi connectivity index (χ1) is 9.02. The molecular formula is C14H13BrClFN2. The molecule has 2 aromatic carbocycles. The number of halogens is 3. The number of nitrogens with two attached hydrogens (primary N) is 1. The monoisotopic (exact) mass is 342 g/mol. The van der Waals surface area contributed by atoms with Crippen molar-refractivity contribution in [3.8, 4) is 0 Å². The number of nitrogens with one attached hydrogen (secondary N) is 1. The average molecular weight is 344 g/mol. The van der Waals surface area contributed by atoms with Crippen molar-refractivity contribution in [2.45, 2.75) is 13.0 Å². The van der Waals surface area contributed by atoms with Gasteiger partial charge in [-0.25, -0.2) is 9.82 Å². The molecule has 2 nitrogen and oxygen atoms in total. The van der Waals surface area contributed by atoms with Crippen LogP contribution < -0.4 is 11.3 Å². The quantitative estimate of drug-likeness (QED) is 0.650. The van der Waals surface area contributed by atoms with E-state index in [1.54, 1.807) is 18.2 Å². The highest BCUT2D eigenvalue weighted by Crippen LogP contribution is 2.28. The van der Waals surface area contributed by atoms with Crippen LogP contribution in [0.3, 0.4) is 0 Å². The van der Waals surface area contributed by atoms with E-state index in [0.717, 1.165) is 11.1 Å². The molecule has 2 rings (SSSR count). The first-order valence-corrected chi connectivity index (χ1v) is 6.87. The van der Waals surface area contributed by atoms with Crippen molar-refractivity contribution in [1.82, 2.24) is 5.43 Å². The third-order valence-corrected chi connectivity index (χ3v) is 3.87. The van der Waals surface area contributed by atoms with Crippen molar-refractivity contribution in [3.63, 3.8) is 0 Å². The molecule has 1 atom stereocenters. The molecule has 2 aromatic rings. The minimum absolute atomic E-state index is 0.325. The number of hydrogen-bond donors (Lipinski definition) is 2. The zero-order valence-corrected chi connectivity index (χ0v) is 12.6. The van der Waals surface area contributed by atoms with Gasteiger partial charge in [-0.2, -0.15) is 0 Å². The predicted octanol–water partition coefficient (Wildman–Crippen LogP) is 4.10. The first-order valence-electron chi connectivity index (χ1n) is 5.70. The molecular weight excluding hydrogens is 331 g/mol. The lowest BCUT2D eigenvalue weighted by atomic mass is 9.98. The molecule has 0 aromatic heterocycles. The second-order valence-corrected chi connectivity index (χ2v) is 5.60. The fraction of sp³-hybridized carbons (Fsp3) is 0.143. The van der Waals surface area contributed by atoms with Crippen molar-refractivity contribution in [2.75, 3.05) is 0 Å². The maximum atomic E-state index is 14.0. The Hall–Kier alpha value is -0.940. The van der Waals surface area contributed by atoms with Gasteiger partial charge in [0.1, 0.15) is 5.82 Å². The predicted molar refractivity (Wildman–Crippen MR) is 79.5 cm³/mol. The Morgan fingerprint density at radius 3 is 2.58 bits per heavy atom. The van der Waals surface area contributed by atoms with Gasteiger partial charge in [0.25, 0.3) is 0 Å². The molecule has 0 radical (unpaired) electrons. The summed E-state index contributed by atoms with van der Waals surface area (Å²) in [6.07, 6.45) is 0. The lowest BCUT2D eigenvalue weighted by molar-refractivity contribution is 0.559. The molecule has 0 amide bonds. The van der Waals surface area contributed by atoms with Gasteiger partial charge < -0.3 is 0 Å². The Bertz CT molecular complexity index is 604. The Morgan fingerprint density at radius 2 is 2.00 bits per heavy atom. The summed E-state index contributed by atoms with van der Waals surface area (Å²) in [5, 5.41) is 0.635. The zero-order valence-electron chi connectivity index (χ0n) is 10.3. The van der Waals surface area contributed by atoms with Gasteiger partial charge in [0, 0.05) is 15.1 Å². The van der Waals surface area contributed by atoms with Crippen LogP contribution in [0.5, 0.6) is 0 Å². The average Bonchev–Trinajstić information content (AvgIpc) is 2.37. The summed E-state index contributed by atoms with van der Waals surface area (Å²) >= 11 is 9.33. The van der Waals surface area contributed by atoms with E-state index in [9.17, 15) is 4.39 Å². The molecule has 0 aliphatic rings. The van der Waals surface area contributed by atoms with E-state index in [4.69, 9.17) is 17.4 Å². The summed E-state index contributed by atoms with van der Waals surface area (Å²) in [4.78, 5) is 0. The summed E-state index contributed by atoms with van der Waals surface area (Å²) in [6.45, 7) is 1.91. The topological polar surface area (TPSA) is 38.0 Å². The minimum atomic E-state index is -0.439. The van der Waals surface area contributed by atoms with Crippen LogP contribution in [0.15, 0.2) is 40.9 Å². The Morgan fingerprint density at radius 1 is 1.26 bits per heavy atom. The Labute approximate surface area is 124 Å². The maximum Gasteiger partial charge on any atom is 0.129 e. The Balaban J connectivity index is 2.46. The molecule has 0 saturated heterocycles. The summed E-state index contributed by atoms with van der Waals surface area (Å²) in [7, 11) is 0. The molecule has 0 bridgehead atoms. The molecule has 0 saturated carbocycles. The van der Waals surface area contributed by atoms with Crippen LogP contribution in [0.1, 0.15) is 22.7 Å². The zero-order chi connectivity index (χ0) is 14.0. The number of hydrazine groups is 1. The normalized spacial score (nSPS) is 12.5. The highest BCUT2D eigenvalue weighted by molar-refractivity contribution is 9.10. The van der Waals surface area contributed by atoms with Crippen molar-refractivity contribution < 1.29 is 4.39 Å². The lowest BCUT2D eigenvalue weighted by Gasteiger charge is -2.18. The summed E-state index contributed by atoms with van der Waals surface area (Å²) < 4.78 is 14.7. The van der Waals surface area contributed by atoms with E-state index >= 15 is 0 Å². The fourth-order valence-electron chi connectivity index (χ4n) is 1.89. The summed E-state index contributed by atoms with van der Waals surface area (Å²) in [5.74, 6) is 5.24. The molecule has 0 fully saturated rings.